The van der Waals surface area contributed by atoms with E-state index in [0.29, 0.717) is 81.5 Å². The highest BCUT2D eigenvalue weighted by molar-refractivity contribution is 6.03. The third-order valence-electron chi connectivity index (χ3n) is 20.9. The van der Waals surface area contributed by atoms with E-state index in [4.69, 9.17) is 19.9 Å². The van der Waals surface area contributed by atoms with Gasteiger partial charge < -0.3 is 66.8 Å². The maximum atomic E-state index is 14.9. The minimum atomic E-state index is -1.18. The molecule has 2 saturated heterocycles. The number of anilines is 2. The van der Waals surface area contributed by atoms with E-state index in [0.717, 1.165) is 11.1 Å². The maximum absolute atomic E-state index is 14.9. The second kappa shape index (κ2) is 43.8. The van der Waals surface area contributed by atoms with Crippen molar-refractivity contribution in [2.45, 2.75) is 221 Å². The molecule has 0 bridgehead atoms. The van der Waals surface area contributed by atoms with E-state index in [2.05, 4.69) is 31.9 Å². The van der Waals surface area contributed by atoms with Gasteiger partial charge in [-0.3, -0.25) is 57.9 Å². The van der Waals surface area contributed by atoms with Gasteiger partial charge in [0.1, 0.15) is 30.8 Å². The monoisotopic (exact) mass is 1510 g/mol. The summed E-state index contributed by atoms with van der Waals surface area (Å²) >= 11 is 0. The molecule has 2 fully saturated rings. The van der Waals surface area contributed by atoms with Crippen LogP contribution in [0.15, 0.2) is 78.9 Å². The summed E-state index contributed by atoms with van der Waals surface area (Å²) in [5, 5.41) is 26.7. The number of carbonyl (C=O) groups is 12. The zero-order valence-electron chi connectivity index (χ0n) is 66.4. The molecule has 1 unspecified atom stereocenters. The van der Waals surface area contributed by atoms with Crippen LogP contribution >= 0.6 is 0 Å². The lowest BCUT2D eigenvalue weighted by atomic mass is 9.89. The Kier molecular flexibility index (Phi) is 36.4. The second-order valence-electron chi connectivity index (χ2n) is 30.3. The lowest BCUT2D eigenvalue weighted by Gasteiger charge is -2.41. The number of carbonyl (C=O) groups excluding carboxylic acids is 11. The molecule has 108 heavy (non-hydrogen) atoms. The van der Waals surface area contributed by atoms with Crippen molar-refractivity contribution in [3.63, 3.8) is 0 Å². The predicted octanol–water partition coefficient (Wildman–Crippen LogP) is 7.44. The third kappa shape index (κ3) is 26.4. The van der Waals surface area contributed by atoms with Gasteiger partial charge in [0, 0.05) is 91.0 Å². The van der Waals surface area contributed by atoms with Crippen molar-refractivity contribution < 1.29 is 76.9 Å². The number of carboxylic acids is 1. The molecule has 0 saturated carbocycles. The molecule has 2 aliphatic heterocycles. The minimum absolute atomic E-state index is 0.0680. The van der Waals surface area contributed by atoms with Gasteiger partial charge in [0.2, 0.25) is 53.2 Å². The quantitative estimate of drug-likeness (QED) is 0.0201. The van der Waals surface area contributed by atoms with Gasteiger partial charge in [-0.15, -0.1) is 0 Å². The zero-order valence-corrected chi connectivity index (χ0v) is 66.4. The molecular weight excluding hydrogens is 1380 g/mol. The van der Waals surface area contributed by atoms with E-state index < -0.39 is 96.2 Å². The van der Waals surface area contributed by atoms with Crippen molar-refractivity contribution in [1.82, 2.24) is 46.2 Å². The average Bonchev–Trinajstić information content (AvgIpc) is 1.43. The van der Waals surface area contributed by atoms with Gasteiger partial charge in [0.25, 0.3) is 0 Å². The van der Waals surface area contributed by atoms with Gasteiger partial charge in [-0.1, -0.05) is 144 Å². The highest BCUT2D eigenvalue weighted by Crippen LogP contribution is 2.31. The van der Waals surface area contributed by atoms with E-state index >= 15 is 0 Å². The largest absolute Gasteiger partial charge is 0.480 e. The smallest absolute Gasteiger partial charge is 0.414 e. The molecule has 2 heterocycles. The molecule has 12 amide bonds. The number of unbranched alkanes of at least 4 members (excludes halogenated alkanes) is 2. The van der Waals surface area contributed by atoms with Gasteiger partial charge >= 0.3 is 18.1 Å². The molecule has 0 aliphatic carbocycles. The Balaban J connectivity index is 1.12. The summed E-state index contributed by atoms with van der Waals surface area (Å²) in [7, 11) is 8.13. The minimum Gasteiger partial charge on any atom is -0.480 e. The summed E-state index contributed by atoms with van der Waals surface area (Å²) in [6.45, 7) is 21.9. The fraction of sp³-hybridized carbons (Fsp3) is 0.625. The highest BCUT2D eigenvalue weighted by atomic mass is 16.6. The molecule has 598 valence electrons. The van der Waals surface area contributed by atoms with Crippen molar-refractivity contribution in [3.05, 3.63) is 95.6 Å². The molecule has 28 nitrogen and oxygen atoms in total. The van der Waals surface area contributed by atoms with Crippen molar-refractivity contribution in [2.24, 2.45) is 47.2 Å². The standard InChI is InChI=1S/C80H122N12O16/c1-17-52(10)70(63(106-15)46-66(95)91-42-25-29-62(91)71(107-16)53(11)72(96)85-61(78(102)103)44-55-26-20-18-21-27-55)90(14)77(101)68(50(6)7)87-75(99)69(51(8)9)88(12)43-39-54-33-37-58(38-34-54)89(13)80(105)108-47-56-31-35-57(36-32-56)83-73(97)60(28-24-40-82-79(81)104)84-74(98)67(49(4)5)86-64(93)30-22-19-23-41-92-65(94)45-59(48(2)3)76(92)100/h18,20-21,26-27,31-38,48-53,59-63,67-71H,17,19,22-25,28-30,39-47H2,1-16H3,(H,83,97)(H,84,98)(H,85,96)(H,86,93)(H,87,99)(H,102,103)(H3,81,82,104)/t52-,53+,59?,60-,61-,62-,63+,67-,68-,69-,70-,71+/m0/s1. The number of aliphatic carboxylic acids is 1. The Morgan fingerprint density at radius 1 is 0.685 bits per heavy atom. The number of nitrogens with zero attached hydrogens (tertiary/aromatic N) is 5. The van der Waals surface area contributed by atoms with Crippen LogP contribution in [0.5, 0.6) is 0 Å². The second-order valence-corrected chi connectivity index (χ2v) is 30.3. The molecule has 28 heteroatoms. The number of amides is 12. The van der Waals surface area contributed by atoms with Gasteiger partial charge in [-0.2, -0.15) is 0 Å². The molecular formula is C80H122N12O16. The van der Waals surface area contributed by atoms with Crippen LogP contribution in [0.25, 0.3) is 0 Å². The van der Waals surface area contributed by atoms with Crippen molar-refractivity contribution >= 4 is 82.6 Å². The molecule has 0 aromatic heterocycles. The Bertz CT molecular complexity index is 3470. The number of carboxylic acid groups (broad SMARTS) is 1. The molecule has 0 spiro atoms. The van der Waals surface area contributed by atoms with Crippen LogP contribution in [0.1, 0.15) is 163 Å². The summed E-state index contributed by atoms with van der Waals surface area (Å²) in [6, 6.07) is 16.4. The van der Waals surface area contributed by atoms with E-state index in [9.17, 15) is 62.6 Å². The first kappa shape index (κ1) is 89.6. The lowest BCUT2D eigenvalue weighted by molar-refractivity contribution is -0.148. The number of likely N-dealkylation sites (tertiary alicyclic amines) is 2. The van der Waals surface area contributed by atoms with Gasteiger partial charge in [0.05, 0.1) is 42.7 Å². The fourth-order valence-corrected chi connectivity index (χ4v) is 14.3. The molecule has 3 aromatic carbocycles. The van der Waals surface area contributed by atoms with Gasteiger partial charge in [-0.25, -0.2) is 14.4 Å². The first-order valence-electron chi connectivity index (χ1n) is 38.2. The number of rotatable bonds is 44. The molecule has 12 atom stereocenters. The highest BCUT2D eigenvalue weighted by Gasteiger charge is 2.45. The van der Waals surface area contributed by atoms with Crippen LogP contribution in [-0.2, 0) is 81.6 Å². The average molecular weight is 1510 g/mol. The first-order chi connectivity index (χ1) is 51.1. The van der Waals surface area contributed by atoms with Crippen LogP contribution in [0.3, 0.4) is 0 Å². The predicted molar refractivity (Wildman–Crippen MR) is 411 cm³/mol. The number of nitrogens with two attached hydrogens (primary N) is 1. The topological polar surface area (TPSA) is 367 Å². The molecule has 0 radical (unpaired) electrons. The number of primary amides is 1. The van der Waals surface area contributed by atoms with Crippen LogP contribution in [0.4, 0.5) is 21.0 Å². The molecule has 2 aliphatic rings. The zero-order chi connectivity index (χ0) is 80.2. The first-order valence-corrected chi connectivity index (χ1v) is 38.2. The number of urea groups is 1. The number of imide groups is 1. The Labute approximate surface area is 638 Å². The number of ether oxygens (including phenoxy) is 3. The molecule has 5 rings (SSSR count). The van der Waals surface area contributed by atoms with Crippen molar-refractivity contribution in [3.8, 4) is 0 Å². The number of benzene rings is 3. The number of methoxy groups -OCH3 is 2. The summed E-state index contributed by atoms with van der Waals surface area (Å²) in [5.41, 5.74) is 8.52. The lowest BCUT2D eigenvalue weighted by Crippen LogP contribution is -2.60. The van der Waals surface area contributed by atoms with E-state index in [-0.39, 0.29) is 123 Å². The summed E-state index contributed by atoms with van der Waals surface area (Å²) in [4.78, 5) is 169. The number of hydrogen-bond donors (Lipinski definition) is 8. The van der Waals surface area contributed by atoms with E-state index in [1.165, 1.54) is 24.0 Å². The Hall–Kier alpha value is -9.02. The summed E-state index contributed by atoms with van der Waals surface area (Å²) in [5.74, 6) is -6.44. The normalized spacial score (nSPS) is 17.3. The van der Waals surface area contributed by atoms with E-state index in [1.54, 1.807) is 105 Å². The van der Waals surface area contributed by atoms with Crippen molar-refractivity contribution in [1.29, 1.82) is 0 Å². The van der Waals surface area contributed by atoms with Crippen LogP contribution in [0.2, 0.25) is 0 Å². The molecule has 3 aromatic rings. The van der Waals surface area contributed by atoms with Crippen LogP contribution in [0, 0.1) is 41.4 Å². The Morgan fingerprint density at radius 2 is 1.32 bits per heavy atom. The van der Waals surface area contributed by atoms with Crippen LogP contribution in [-0.4, -0.2) is 212 Å². The maximum Gasteiger partial charge on any atom is 0.414 e. The summed E-state index contributed by atoms with van der Waals surface area (Å²) in [6.07, 6.45) is 2.57. The fourth-order valence-electron chi connectivity index (χ4n) is 14.3. The third-order valence-corrected chi connectivity index (χ3v) is 20.9. The number of nitrogens with one attached hydrogen (secondary N) is 6. The Morgan fingerprint density at radius 3 is 1.90 bits per heavy atom. The number of hydrogen-bond acceptors (Lipinski definition) is 16. The van der Waals surface area contributed by atoms with Gasteiger partial charge in [0.15, 0.2) is 0 Å². The van der Waals surface area contributed by atoms with Gasteiger partial charge in [-0.05, 0) is 123 Å². The van der Waals surface area contributed by atoms with Crippen molar-refractivity contribution in [2.75, 3.05) is 71.8 Å². The SMILES string of the molecule is CC[C@H](C)[C@@H]([C@@H](CC(=O)N1CCC[C@H]1[C@H](OC)[C@@H](C)C(=O)N[C@@H](Cc1ccccc1)C(=O)O)OC)N(C)C(=O)[C@@H](NC(=O)[C@H](C(C)C)N(C)CCc1ccc(N(C)C(=O)OCc2ccc(NC(=O)[C@H](CCCNC(N)=O)NC(=O)[C@@H](NC(=O)CCCCCN3C(=O)CC(C(C)C)C3=O)C(C)C)cc2)cc1)C(C)C. The molecule has 9 N–H and O–H groups in total. The van der Waals surface area contributed by atoms with E-state index in [1.807, 2.05) is 85.5 Å². The number of likely N-dealkylation sites (N-methyl/N-ethyl adjacent to an activating group) is 2. The van der Waals surface area contributed by atoms with Crippen LogP contribution < -0.4 is 42.5 Å². The summed E-state index contributed by atoms with van der Waals surface area (Å²) < 4.78 is 17.7.